The van der Waals surface area contributed by atoms with E-state index in [1.54, 1.807) is 0 Å². The first-order valence-electron chi connectivity index (χ1n) is 7.46. The van der Waals surface area contributed by atoms with E-state index in [0.29, 0.717) is 6.42 Å². The Balaban J connectivity index is 2.38. The molecule has 1 fully saturated rings. The molecule has 6 nitrogen and oxygen atoms in total. The monoisotopic (exact) mass is 285 g/mol. The molecule has 0 saturated carbocycles. The van der Waals surface area contributed by atoms with Gasteiger partial charge in [0.1, 0.15) is 6.04 Å². The number of nitrogens with zero attached hydrogens (tertiary/aromatic N) is 1. The Kier molecular flexibility index (Phi) is 6.78. The van der Waals surface area contributed by atoms with Gasteiger partial charge in [0.2, 0.25) is 0 Å². The zero-order chi connectivity index (χ0) is 15.1. The normalized spacial score (nSPS) is 20.1. The summed E-state index contributed by atoms with van der Waals surface area (Å²) in [6.07, 6.45) is 3.14. The Bertz CT molecular complexity index is 330. The quantitative estimate of drug-likeness (QED) is 0.658. The topological polar surface area (TPSA) is 81.7 Å². The van der Waals surface area contributed by atoms with Gasteiger partial charge in [0.25, 0.3) is 0 Å². The second kappa shape index (κ2) is 8.09. The Morgan fingerprint density at radius 3 is 2.30 bits per heavy atom. The molecule has 0 aromatic rings. The van der Waals surface area contributed by atoms with Crippen LogP contribution >= 0.6 is 0 Å². The number of hydrogen-bond donors (Lipinski definition) is 3. The molecule has 0 aromatic carbocycles. The number of rotatable bonds is 7. The Morgan fingerprint density at radius 2 is 1.80 bits per heavy atom. The van der Waals surface area contributed by atoms with Crippen LogP contribution in [0, 0.1) is 5.92 Å². The number of carbonyl (C=O) groups is 2. The van der Waals surface area contributed by atoms with Gasteiger partial charge in [-0.1, -0.05) is 20.3 Å². The third-order valence-electron chi connectivity index (χ3n) is 3.87. The van der Waals surface area contributed by atoms with E-state index in [-0.39, 0.29) is 12.0 Å². The maximum Gasteiger partial charge on any atom is 0.326 e. The minimum absolute atomic E-state index is 0.0134. The van der Waals surface area contributed by atoms with Crippen molar-refractivity contribution < 1.29 is 14.7 Å². The summed E-state index contributed by atoms with van der Waals surface area (Å²) in [6.45, 7) is 8.66. The molecule has 2 amide bonds. The molecule has 3 N–H and O–H groups in total. The lowest BCUT2D eigenvalue weighted by molar-refractivity contribution is -0.140. The molecule has 20 heavy (non-hydrogen) atoms. The molecule has 0 aliphatic carbocycles. The number of amides is 2. The molecule has 2 unspecified atom stereocenters. The molecule has 1 aliphatic rings. The fourth-order valence-corrected chi connectivity index (χ4v) is 2.49. The Labute approximate surface area is 120 Å². The van der Waals surface area contributed by atoms with Gasteiger partial charge in [-0.25, -0.2) is 9.59 Å². The van der Waals surface area contributed by atoms with E-state index >= 15 is 0 Å². The van der Waals surface area contributed by atoms with Gasteiger partial charge in [0, 0.05) is 12.6 Å². The highest BCUT2D eigenvalue weighted by molar-refractivity contribution is 5.82. The second-order valence-corrected chi connectivity index (χ2v) is 5.73. The lowest BCUT2D eigenvalue weighted by Crippen LogP contribution is -2.52. The van der Waals surface area contributed by atoms with Gasteiger partial charge >= 0.3 is 12.0 Å². The van der Waals surface area contributed by atoms with Crippen LogP contribution in [0.15, 0.2) is 0 Å². The smallest absolute Gasteiger partial charge is 0.326 e. The predicted molar refractivity (Wildman–Crippen MR) is 77.7 cm³/mol. The predicted octanol–water partition coefficient (Wildman–Crippen LogP) is 1.27. The zero-order valence-electron chi connectivity index (χ0n) is 12.7. The van der Waals surface area contributed by atoms with E-state index in [0.717, 1.165) is 19.6 Å². The molecular weight excluding hydrogens is 258 g/mol. The van der Waals surface area contributed by atoms with Crippen LogP contribution < -0.4 is 10.6 Å². The van der Waals surface area contributed by atoms with Crippen LogP contribution in [0.4, 0.5) is 4.79 Å². The van der Waals surface area contributed by atoms with Gasteiger partial charge in [0.15, 0.2) is 0 Å². The van der Waals surface area contributed by atoms with Crippen molar-refractivity contribution in [1.82, 2.24) is 15.5 Å². The van der Waals surface area contributed by atoms with Crippen molar-refractivity contribution in [3.8, 4) is 0 Å². The molecule has 1 aliphatic heterocycles. The van der Waals surface area contributed by atoms with Crippen LogP contribution in [-0.4, -0.2) is 53.7 Å². The van der Waals surface area contributed by atoms with Crippen LogP contribution in [0.2, 0.25) is 0 Å². The van der Waals surface area contributed by atoms with Gasteiger partial charge in [-0.05, 0) is 38.8 Å². The highest BCUT2D eigenvalue weighted by Crippen LogP contribution is 2.09. The summed E-state index contributed by atoms with van der Waals surface area (Å²) in [4.78, 5) is 25.3. The Hall–Kier alpha value is -1.30. The fraction of sp³-hybridized carbons (Fsp3) is 0.857. The number of carboxylic acids is 1. The van der Waals surface area contributed by atoms with Crippen molar-refractivity contribution in [2.75, 3.05) is 19.6 Å². The highest BCUT2D eigenvalue weighted by atomic mass is 16.4. The molecule has 0 aromatic heterocycles. The number of urea groups is 1. The van der Waals surface area contributed by atoms with E-state index in [9.17, 15) is 9.59 Å². The summed E-state index contributed by atoms with van der Waals surface area (Å²) < 4.78 is 0. The lowest BCUT2D eigenvalue weighted by atomic mass is 9.99. The summed E-state index contributed by atoms with van der Waals surface area (Å²) in [6, 6.07) is -1.22. The average molecular weight is 285 g/mol. The van der Waals surface area contributed by atoms with E-state index in [1.807, 2.05) is 20.8 Å². The molecule has 1 heterocycles. The molecule has 1 rings (SSSR count). The van der Waals surface area contributed by atoms with Crippen LogP contribution in [0.1, 0.15) is 40.0 Å². The largest absolute Gasteiger partial charge is 0.480 e. The number of aliphatic carboxylic acids is 1. The van der Waals surface area contributed by atoms with E-state index in [2.05, 4.69) is 15.5 Å². The summed E-state index contributed by atoms with van der Waals surface area (Å²) in [5, 5.41) is 14.5. The number of nitrogens with one attached hydrogen (secondary N) is 2. The van der Waals surface area contributed by atoms with Crippen molar-refractivity contribution in [3.05, 3.63) is 0 Å². The first kappa shape index (κ1) is 16.8. The van der Waals surface area contributed by atoms with E-state index in [1.165, 1.54) is 12.8 Å². The van der Waals surface area contributed by atoms with Gasteiger partial charge in [-0.3, -0.25) is 0 Å². The molecule has 0 radical (unpaired) electrons. The van der Waals surface area contributed by atoms with Crippen LogP contribution in [0.3, 0.4) is 0 Å². The molecule has 0 spiro atoms. The van der Waals surface area contributed by atoms with Crippen molar-refractivity contribution >= 4 is 12.0 Å². The first-order chi connectivity index (χ1) is 9.43. The molecule has 1 saturated heterocycles. The SMILES string of the molecule is CCC(C)[C@H](NC(=O)NC(C)CN1CCCC1)C(=O)O. The van der Waals surface area contributed by atoms with Crippen molar-refractivity contribution in [3.63, 3.8) is 0 Å². The third-order valence-corrected chi connectivity index (χ3v) is 3.87. The van der Waals surface area contributed by atoms with E-state index in [4.69, 9.17) is 5.11 Å². The highest BCUT2D eigenvalue weighted by Gasteiger charge is 2.26. The van der Waals surface area contributed by atoms with Crippen LogP contribution in [0.5, 0.6) is 0 Å². The summed E-state index contributed by atoms with van der Waals surface area (Å²) in [5.74, 6) is -1.08. The van der Waals surface area contributed by atoms with E-state index < -0.39 is 18.0 Å². The second-order valence-electron chi connectivity index (χ2n) is 5.73. The average Bonchev–Trinajstić information content (AvgIpc) is 2.87. The Morgan fingerprint density at radius 1 is 1.20 bits per heavy atom. The van der Waals surface area contributed by atoms with Crippen LogP contribution in [-0.2, 0) is 4.79 Å². The maximum atomic E-state index is 11.9. The first-order valence-corrected chi connectivity index (χ1v) is 7.46. The lowest BCUT2D eigenvalue weighted by Gasteiger charge is -2.24. The number of carboxylic acid groups (broad SMARTS) is 1. The van der Waals surface area contributed by atoms with Crippen molar-refractivity contribution in [2.24, 2.45) is 5.92 Å². The maximum absolute atomic E-state index is 11.9. The minimum atomic E-state index is -0.985. The van der Waals surface area contributed by atoms with Gasteiger partial charge in [0.05, 0.1) is 0 Å². The minimum Gasteiger partial charge on any atom is -0.480 e. The van der Waals surface area contributed by atoms with Gasteiger partial charge in [-0.15, -0.1) is 0 Å². The molecule has 0 bridgehead atoms. The van der Waals surface area contributed by atoms with Crippen LogP contribution in [0.25, 0.3) is 0 Å². The number of likely N-dealkylation sites (tertiary alicyclic amines) is 1. The molecule has 3 atom stereocenters. The number of carbonyl (C=O) groups excluding carboxylic acids is 1. The third kappa shape index (κ3) is 5.36. The van der Waals surface area contributed by atoms with Gasteiger partial charge < -0.3 is 20.6 Å². The fourth-order valence-electron chi connectivity index (χ4n) is 2.49. The molecule has 116 valence electrons. The summed E-state index contributed by atoms with van der Waals surface area (Å²) >= 11 is 0. The number of hydrogen-bond acceptors (Lipinski definition) is 3. The molecular formula is C14H27N3O3. The zero-order valence-corrected chi connectivity index (χ0v) is 12.7. The van der Waals surface area contributed by atoms with Crippen molar-refractivity contribution in [1.29, 1.82) is 0 Å². The molecule has 6 heteroatoms. The van der Waals surface area contributed by atoms with Gasteiger partial charge in [-0.2, -0.15) is 0 Å². The summed E-state index contributed by atoms with van der Waals surface area (Å²) in [7, 11) is 0. The van der Waals surface area contributed by atoms with Crippen molar-refractivity contribution in [2.45, 2.75) is 52.1 Å². The standard InChI is InChI=1S/C14H27N3O3/c1-4-10(2)12(13(18)19)16-14(20)15-11(3)9-17-7-5-6-8-17/h10-12H,4-9H2,1-3H3,(H,18,19)(H2,15,16,20)/t10?,11?,12-/m0/s1. The summed E-state index contributed by atoms with van der Waals surface area (Å²) in [5.41, 5.74) is 0.